The maximum atomic E-state index is 2.42. The summed E-state index contributed by atoms with van der Waals surface area (Å²) >= 11 is 0. The van der Waals surface area contributed by atoms with E-state index in [4.69, 9.17) is 0 Å². The second-order valence-electron chi connectivity index (χ2n) is 8.92. The van der Waals surface area contributed by atoms with Crippen molar-refractivity contribution >= 4 is 11.4 Å². The topological polar surface area (TPSA) is 6.48 Å². The van der Waals surface area contributed by atoms with Crippen molar-refractivity contribution in [3.8, 4) is 0 Å². The van der Waals surface area contributed by atoms with Crippen LogP contribution in [0.4, 0.5) is 11.4 Å². The lowest BCUT2D eigenvalue weighted by Gasteiger charge is -2.38. The number of hydrogen-bond acceptors (Lipinski definition) is 2. The molecular formula is C33H38N2. The zero-order valence-electron chi connectivity index (χ0n) is 21.6. The maximum Gasteiger partial charge on any atom is 0.0702 e. The normalized spacial score (nSPS) is 11.3. The summed E-state index contributed by atoms with van der Waals surface area (Å²) in [6, 6.07) is 40.3. The fraction of sp³-hybridized carbons (Fsp3) is 0.273. The van der Waals surface area contributed by atoms with Crippen LogP contribution in [0.2, 0.25) is 0 Å². The molecule has 0 saturated heterocycles. The summed E-state index contributed by atoms with van der Waals surface area (Å²) in [6.45, 7) is 12.9. The third kappa shape index (κ3) is 4.71. The summed E-state index contributed by atoms with van der Waals surface area (Å²) < 4.78 is 0. The molecule has 0 unspecified atom stereocenters. The van der Waals surface area contributed by atoms with Crippen LogP contribution in [-0.2, 0) is 5.41 Å². The quantitative estimate of drug-likeness (QED) is 0.222. The van der Waals surface area contributed by atoms with Gasteiger partial charge in [0.25, 0.3) is 0 Å². The van der Waals surface area contributed by atoms with Crippen LogP contribution in [0.25, 0.3) is 0 Å². The third-order valence-electron chi connectivity index (χ3n) is 7.25. The van der Waals surface area contributed by atoms with Gasteiger partial charge in [-0.05, 0) is 74.2 Å². The van der Waals surface area contributed by atoms with Gasteiger partial charge in [0.1, 0.15) is 0 Å². The zero-order chi connectivity index (χ0) is 24.7. The Balaban J connectivity index is 2.03. The monoisotopic (exact) mass is 462 g/mol. The lowest BCUT2D eigenvalue weighted by atomic mass is 9.65. The van der Waals surface area contributed by atoms with Crippen LogP contribution in [0.15, 0.2) is 109 Å². The van der Waals surface area contributed by atoms with Crippen LogP contribution in [0, 0.1) is 0 Å². The number of nitrogens with zero attached hydrogens (tertiary/aromatic N) is 2. The molecule has 0 spiro atoms. The molecule has 0 radical (unpaired) electrons. The van der Waals surface area contributed by atoms with Gasteiger partial charge in [-0.25, -0.2) is 0 Å². The molecule has 2 nitrogen and oxygen atoms in total. The molecule has 0 aliphatic carbocycles. The van der Waals surface area contributed by atoms with Crippen molar-refractivity contribution in [1.82, 2.24) is 0 Å². The van der Waals surface area contributed by atoms with Gasteiger partial charge in [-0.3, -0.25) is 0 Å². The second-order valence-corrected chi connectivity index (χ2v) is 8.92. The van der Waals surface area contributed by atoms with Crippen LogP contribution < -0.4 is 9.80 Å². The van der Waals surface area contributed by atoms with E-state index in [0.29, 0.717) is 0 Å². The highest BCUT2D eigenvalue weighted by Crippen LogP contribution is 2.46. The van der Waals surface area contributed by atoms with E-state index in [1.165, 1.54) is 33.6 Å². The average molecular weight is 463 g/mol. The van der Waals surface area contributed by atoms with Gasteiger partial charge >= 0.3 is 0 Å². The molecular weight excluding hydrogens is 424 g/mol. The van der Waals surface area contributed by atoms with Gasteiger partial charge in [-0.2, -0.15) is 0 Å². The van der Waals surface area contributed by atoms with Crippen LogP contribution in [0.3, 0.4) is 0 Å². The van der Waals surface area contributed by atoms with Crippen molar-refractivity contribution in [2.75, 3.05) is 36.0 Å². The Morgan fingerprint density at radius 2 is 0.857 bits per heavy atom. The molecule has 4 aromatic carbocycles. The van der Waals surface area contributed by atoms with Gasteiger partial charge < -0.3 is 9.80 Å². The highest BCUT2D eigenvalue weighted by molar-refractivity contribution is 5.64. The smallest absolute Gasteiger partial charge is 0.0702 e. The molecule has 0 atom stereocenters. The Bertz CT molecular complexity index is 1140. The molecule has 180 valence electrons. The largest absolute Gasteiger partial charge is 0.372 e. The fourth-order valence-corrected chi connectivity index (χ4v) is 5.41. The lowest BCUT2D eigenvalue weighted by Crippen LogP contribution is -2.32. The van der Waals surface area contributed by atoms with E-state index in [2.05, 4.69) is 147 Å². The summed E-state index contributed by atoms with van der Waals surface area (Å²) in [5, 5.41) is 0. The lowest BCUT2D eigenvalue weighted by molar-refractivity contribution is 0.742. The Hall–Kier alpha value is -3.52. The second kappa shape index (κ2) is 11.3. The van der Waals surface area contributed by atoms with Crippen molar-refractivity contribution in [2.24, 2.45) is 0 Å². The number of anilines is 2. The molecule has 4 rings (SSSR count). The predicted molar refractivity (Wildman–Crippen MR) is 152 cm³/mol. The first-order chi connectivity index (χ1) is 17.2. The molecule has 0 saturated carbocycles. The molecule has 0 bridgehead atoms. The Kier molecular flexibility index (Phi) is 7.92. The first kappa shape index (κ1) is 24.6. The molecule has 0 fully saturated rings. The van der Waals surface area contributed by atoms with E-state index in [0.717, 1.165) is 26.2 Å². The summed E-state index contributed by atoms with van der Waals surface area (Å²) in [7, 11) is 0. The SMILES string of the molecule is CCN(CC)c1ccc(C(c2ccccc2)(c2ccccc2)c2cccc(N(CC)CC)c2)cc1. The predicted octanol–water partition coefficient (Wildman–Crippen LogP) is 7.76. The van der Waals surface area contributed by atoms with Crippen molar-refractivity contribution in [3.05, 3.63) is 131 Å². The Morgan fingerprint density at radius 1 is 0.429 bits per heavy atom. The van der Waals surface area contributed by atoms with Gasteiger partial charge in [0.05, 0.1) is 5.41 Å². The molecule has 35 heavy (non-hydrogen) atoms. The fourth-order valence-electron chi connectivity index (χ4n) is 5.41. The minimum atomic E-state index is -0.423. The minimum Gasteiger partial charge on any atom is -0.372 e. The molecule has 2 heteroatoms. The molecule has 0 aromatic heterocycles. The average Bonchev–Trinajstić information content (AvgIpc) is 2.93. The van der Waals surface area contributed by atoms with Crippen LogP contribution in [-0.4, -0.2) is 26.2 Å². The van der Waals surface area contributed by atoms with E-state index in [1.54, 1.807) is 0 Å². The van der Waals surface area contributed by atoms with Gasteiger partial charge in [0.2, 0.25) is 0 Å². The zero-order valence-corrected chi connectivity index (χ0v) is 21.6. The summed E-state index contributed by atoms with van der Waals surface area (Å²) in [5.41, 5.74) is 7.23. The first-order valence-electron chi connectivity index (χ1n) is 13.0. The van der Waals surface area contributed by atoms with Crippen LogP contribution in [0.5, 0.6) is 0 Å². The molecule has 0 heterocycles. The Morgan fingerprint density at radius 3 is 1.34 bits per heavy atom. The first-order valence-corrected chi connectivity index (χ1v) is 13.0. The summed E-state index contributed by atoms with van der Waals surface area (Å²) in [4.78, 5) is 4.82. The summed E-state index contributed by atoms with van der Waals surface area (Å²) in [5.74, 6) is 0. The van der Waals surface area contributed by atoms with Crippen molar-refractivity contribution in [3.63, 3.8) is 0 Å². The van der Waals surface area contributed by atoms with Crippen molar-refractivity contribution in [1.29, 1.82) is 0 Å². The standard InChI is InChI=1S/C33H38N2/c1-5-34(6-2)31-24-22-29(23-25-31)33(27-16-11-9-12-17-27,28-18-13-10-14-19-28)30-20-15-21-32(26-30)35(7-3)8-4/h9-26H,5-8H2,1-4H3. The number of hydrogen-bond donors (Lipinski definition) is 0. The van der Waals surface area contributed by atoms with E-state index in [-0.39, 0.29) is 0 Å². The third-order valence-corrected chi connectivity index (χ3v) is 7.25. The van der Waals surface area contributed by atoms with Gasteiger partial charge in [0, 0.05) is 37.6 Å². The number of rotatable bonds is 10. The van der Waals surface area contributed by atoms with Gasteiger partial charge in [0.15, 0.2) is 0 Å². The molecule has 0 amide bonds. The maximum absolute atomic E-state index is 2.42. The van der Waals surface area contributed by atoms with Crippen LogP contribution in [0.1, 0.15) is 49.9 Å². The highest BCUT2D eigenvalue weighted by atomic mass is 15.1. The highest BCUT2D eigenvalue weighted by Gasteiger charge is 2.38. The molecule has 0 N–H and O–H groups in total. The van der Waals surface area contributed by atoms with Gasteiger partial charge in [-0.15, -0.1) is 0 Å². The van der Waals surface area contributed by atoms with E-state index in [9.17, 15) is 0 Å². The van der Waals surface area contributed by atoms with Crippen LogP contribution >= 0.6 is 0 Å². The van der Waals surface area contributed by atoms with E-state index < -0.39 is 5.41 Å². The number of benzene rings is 4. The minimum absolute atomic E-state index is 0.423. The van der Waals surface area contributed by atoms with Gasteiger partial charge in [-0.1, -0.05) is 84.9 Å². The van der Waals surface area contributed by atoms with E-state index in [1.807, 2.05) is 0 Å². The van der Waals surface area contributed by atoms with Crippen molar-refractivity contribution in [2.45, 2.75) is 33.1 Å². The van der Waals surface area contributed by atoms with Crippen molar-refractivity contribution < 1.29 is 0 Å². The molecule has 0 aliphatic rings. The van der Waals surface area contributed by atoms with E-state index >= 15 is 0 Å². The summed E-state index contributed by atoms with van der Waals surface area (Å²) in [6.07, 6.45) is 0. The molecule has 0 aliphatic heterocycles. The molecule has 4 aromatic rings. The Labute approximate surface area is 211 Å².